The summed E-state index contributed by atoms with van der Waals surface area (Å²) in [5, 5.41) is 27.8. The van der Waals surface area contributed by atoms with E-state index >= 15 is 0 Å². The normalized spacial score (nSPS) is 20.0. The first-order valence-electron chi connectivity index (χ1n) is 18.6. The molecule has 0 unspecified atom stereocenters. The molecule has 2 N–H and O–H groups in total. The first-order valence-corrected chi connectivity index (χ1v) is 18.6. The van der Waals surface area contributed by atoms with Crippen molar-refractivity contribution in [1.29, 1.82) is 0 Å². The van der Waals surface area contributed by atoms with Gasteiger partial charge in [0.15, 0.2) is 0 Å². The number of aliphatic hydroxyl groups excluding tert-OH is 2. The average Bonchev–Trinajstić information content (AvgIpc) is 2.97. The molecule has 272 valence electrons. The van der Waals surface area contributed by atoms with Gasteiger partial charge in [-0.3, -0.25) is 0 Å². The van der Waals surface area contributed by atoms with Gasteiger partial charge in [-0.1, -0.05) is 93.2 Å². The van der Waals surface area contributed by atoms with E-state index in [-0.39, 0.29) is 0 Å². The topological polar surface area (TPSA) is 40.5 Å². The zero-order valence-electron chi connectivity index (χ0n) is 34.3. The molecule has 0 aromatic heterocycles. The van der Waals surface area contributed by atoms with Crippen molar-refractivity contribution in [3.63, 3.8) is 0 Å². The van der Waals surface area contributed by atoms with Gasteiger partial charge in [-0.05, 0) is 162 Å². The fraction of sp³-hybridized carbons (Fsp3) is 0.652. The van der Waals surface area contributed by atoms with Crippen LogP contribution >= 0.6 is 0 Å². The van der Waals surface area contributed by atoms with Crippen molar-refractivity contribution in [2.75, 3.05) is 0 Å². The Morgan fingerprint density at radius 1 is 0.292 bits per heavy atom. The van der Waals surface area contributed by atoms with Gasteiger partial charge >= 0.3 is 0 Å². The maximum absolute atomic E-state index is 13.9. The van der Waals surface area contributed by atoms with E-state index in [2.05, 4.69) is 159 Å². The summed E-state index contributed by atoms with van der Waals surface area (Å²) in [6.45, 7) is 34.7. The van der Waals surface area contributed by atoms with Crippen LogP contribution in [-0.4, -0.2) is 22.4 Å². The number of hydrogen-bond acceptors (Lipinski definition) is 2. The minimum Gasteiger partial charge on any atom is -0.392 e. The van der Waals surface area contributed by atoms with Crippen LogP contribution in [0.25, 0.3) is 0 Å². The summed E-state index contributed by atoms with van der Waals surface area (Å²) in [6, 6.07) is 0. The molecule has 0 spiro atoms. The van der Waals surface area contributed by atoms with E-state index in [1.54, 1.807) is 0 Å². The van der Waals surface area contributed by atoms with Gasteiger partial charge in [0.2, 0.25) is 0 Å². The van der Waals surface area contributed by atoms with Crippen LogP contribution in [0.1, 0.15) is 162 Å². The summed E-state index contributed by atoms with van der Waals surface area (Å²) < 4.78 is 0. The zero-order chi connectivity index (χ0) is 37.1. The summed E-state index contributed by atoms with van der Waals surface area (Å²) in [7, 11) is 0. The Labute approximate surface area is 298 Å². The Morgan fingerprint density at radius 3 is 0.479 bits per heavy atom. The van der Waals surface area contributed by atoms with Gasteiger partial charge in [-0.2, -0.15) is 0 Å². The minimum atomic E-state index is -0.696. The standard InChI is InChI=1S/C46H76O2/c1-33(2)17-25-43(26-18-34(3)4)41(47)45(29-21-37(9)10,30-22-38(11)12)46(31-23-39(13)14,32-24-40(15)16)42(48)44(43,27-19-35(5)6)28-20-36(7)8/h17-24,41-42,47-48H,25-32H2,1-16H3. The van der Waals surface area contributed by atoms with E-state index < -0.39 is 33.9 Å². The van der Waals surface area contributed by atoms with E-state index in [0.717, 1.165) is 0 Å². The zero-order valence-corrected chi connectivity index (χ0v) is 34.3. The third-order valence-corrected chi connectivity index (χ3v) is 11.1. The van der Waals surface area contributed by atoms with Gasteiger partial charge in [0, 0.05) is 21.7 Å². The summed E-state index contributed by atoms with van der Waals surface area (Å²) in [6.07, 6.45) is 23.0. The van der Waals surface area contributed by atoms with Crippen LogP contribution in [0.4, 0.5) is 0 Å². The maximum atomic E-state index is 13.9. The van der Waals surface area contributed by atoms with Crippen molar-refractivity contribution in [3.05, 3.63) is 93.2 Å². The largest absolute Gasteiger partial charge is 0.392 e. The number of rotatable bonds is 16. The SMILES string of the molecule is CC(C)=CCC1(CC=C(C)C)C(O)C(CC=C(C)C)(CC=C(C)C)C(CC=C(C)C)(CC=C(C)C)C(O)C1(CC=C(C)C)CC=C(C)C. The second-order valence-electron chi connectivity index (χ2n) is 17.3. The lowest BCUT2D eigenvalue weighted by Crippen LogP contribution is -2.74. The van der Waals surface area contributed by atoms with E-state index in [4.69, 9.17) is 0 Å². The summed E-state index contributed by atoms with van der Waals surface area (Å²) in [4.78, 5) is 0. The van der Waals surface area contributed by atoms with Gasteiger partial charge in [0.1, 0.15) is 0 Å². The fourth-order valence-corrected chi connectivity index (χ4v) is 8.09. The molecule has 2 nitrogen and oxygen atoms in total. The summed E-state index contributed by atoms with van der Waals surface area (Å²) >= 11 is 0. The molecule has 0 aliphatic heterocycles. The molecule has 0 atom stereocenters. The Morgan fingerprint density at radius 2 is 0.396 bits per heavy atom. The van der Waals surface area contributed by atoms with Crippen LogP contribution in [0.5, 0.6) is 0 Å². The van der Waals surface area contributed by atoms with E-state index in [1.165, 1.54) is 44.6 Å². The molecule has 1 aliphatic rings. The highest BCUT2D eigenvalue weighted by molar-refractivity contribution is 5.31. The highest BCUT2D eigenvalue weighted by atomic mass is 16.3. The van der Waals surface area contributed by atoms with Crippen LogP contribution in [0.3, 0.4) is 0 Å². The molecule has 0 bridgehead atoms. The maximum Gasteiger partial charge on any atom is 0.0677 e. The molecule has 1 fully saturated rings. The molecular formula is C46H76O2. The second kappa shape index (κ2) is 18.7. The van der Waals surface area contributed by atoms with Gasteiger partial charge < -0.3 is 10.2 Å². The van der Waals surface area contributed by atoms with Crippen molar-refractivity contribution in [2.24, 2.45) is 21.7 Å². The van der Waals surface area contributed by atoms with Crippen LogP contribution in [0.2, 0.25) is 0 Å². The van der Waals surface area contributed by atoms with Crippen molar-refractivity contribution in [1.82, 2.24) is 0 Å². The van der Waals surface area contributed by atoms with E-state index in [1.807, 2.05) is 0 Å². The molecule has 1 saturated carbocycles. The van der Waals surface area contributed by atoms with Gasteiger partial charge in [-0.15, -0.1) is 0 Å². The lowest BCUT2D eigenvalue weighted by atomic mass is 9.34. The van der Waals surface area contributed by atoms with E-state index in [0.29, 0.717) is 51.4 Å². The molecule has 1 aliphatic carbocycles. The molecule has 1 rings (SSSR count). The molecule has 48 heavy (non-hydrogen) atoms. The first-order chi connectivity index (χ1) is 22.1. The van der Waals surface area contributed by atoms with Crippen molar-refractivity contribution in [3.8, 4) is 0 Å². The smallest absolute Gasteiger partial charge is 0.0677 e. The molecule has 0 radical (unpaired) electrons. The summed E-state index contributed by atoms with van der Waals surface area (Å²) in [5.41, 5.74) is 7.43. The summed E-state index contributed by atoms with van der Waals surface area (Å²) in [5.74, 6) is 0. The van der Waals surface area contributed by atoms with Gasteiger partial charge in [0.25, 0.3) is 0 Å². The molecule has 0 saturated heterocycles. The Kier molecular flexibility index (Phi) is 17.1. The van der Waals surface area contributed by atoms with Crippen molar-refractivity contribution >= 4 is 0 Å². The van der Waals surface area contributed by atoms with Gasteiger partial charge in [-0.25, -0.2) is 0 Å². The number of hydrogen-bond donors (Lipinski definition) is 2. The minimum absolute atomic E-state index is 0.636. The lowest BCUT2D eigenvalue weighted by Gasteiger charge is -2.72. The number of aliphatic hydroxyl groups is 2. The monoisotopic (exact) mass is 661 g/mol. The quantitative estimate of drug-likeness (QED) is 0.162. The average molecular weight is 661 g/mol. The highest BCUT2D eigenvalue weighted by Gasteiger charge is 2.74. The molecule has 0 aromatic carbocycles. The Balaban J connectivity index is 4.94. The molecular weight excluding hydrogens is 585 g/mol. The van der Waals surface area contributed by atoms with Crippen LogP contribution in [-0.2, 0) is 0 Å². The van der Waals surface area contributed by atoms with Crippen LogP contribution in [0.15, 0.2) is 93.2 Å². The van der Waals surface area contributed by atoms with Crippen LogP contribution in [0, 0.1) is 21.7 Å². The Hall–Kier alpha value is -2.16. The predicted molar refractivity (Wildman–Crippen MR) is 214 cm³/mol. The lowest BCUT2D eigenvalue weighted by molar-refractivity contribution is -0.295. The first kappa shape index (κ1) is 43.9. The third-order valence-electron chi connectivity index (χ3n) is 11.1. The highest BCUT2D eigenvalue weighted by Crippen LogP contribution is 2.73. The predicted octanol–water partition coefficient (Wildman–Crippen LogP) is 13.5. The molecule has 0 heterocycles. The second-order valence-corrected chi connectivity index (χ2v) is 17.3. The molecule has 0 aromatic rings. The third kappa shape index (κ3) is 10.4. The van der Waals surface area contributed by atoms with Gasteiger partial charge in [0.05, 0.1) is 12.2 Å². The van der Waals surface area contributed by atoms with Crippen molar-refractivity contribution in [2.45, 2.75) is 174 Å². The molecule has 0 amide bonds. The Bertz CT molecular complexity index is 1000. The van der Waals surface area contributed by atoms with Crippen LogP contribution < -0.4 is 0 Å². The van der Waals surface area contributed by atoms with Crippen molar-refractivity contribution < 1.29 is 10.2 Å². The fourth-order valence-electron chi connectivity index (χ4n) is 8.09. The van der Waals surface area contributed by atoms with E-state index in [9.17, 15) is 10.2 Å². The number of allylic oxidation sites excluding steroid dienone is 16. The molecule has 2 heteroatoms.